The number of anilines is 1. The largest absolute Gasteiger partial charge is 0.356 e. The Morgan fingerprint density at radius 1 is 1.21 bits per heavy atom. The third-order valence-electron chi connectivity index (χ3n) is 5.73. The molecule has 0 saturated carbocycles. The first kappa shape index (κ1) is 18.3. The number of hydrogen-bond donors (Lipinski definition) is 2. The van der Waals surface area contributed by atoms with Gasteiger partial charge in [-0.1, -0.05) is 12.1 Å². The minimum absolute atomic E-state index is 0.0731. The second-order valence-corrected chi connectivity index (χ2v) is 7.35. The lowest BCUT2D eigenvalue weighted by Crippen LogP contribution is -2.43. The minimum atomic E-state index is -0.355. The zero-order valence-electron chi connectivity index (χ0n) is 15.4. The Bertz CT molecular complexity index is 904. The van der Waals surface area contributed by atoms with Crippen LogP contribution < -0.4 is 15.8 Å². The van der Waals surface area contributed by atoms with Crippen molar-refractivity contribution in [3.05, 3.63) is 63.8 Å². The first-order chi connectivity index (χ1) is 13.7. The number of hydrogen-bond acceptors (Lipinski definition) is 7. The molecule has 2 aliphatic rings. The van der Waals surface area contributed by atoms with Crippen molar-refractivity contribution in [2.75, 3.05) is 18.0 Å². The van der Waals surface area contributed by atoms with E-state index in [1.807, 2.05) is 6.07 Å². The van der Waals surface area contributed by atoms with Crippen LogP contribution in [-0.2, 0) is 0 Å². The van der Waals surface area contributed by atoms with Crippen molar-refractivity contribution in [3.8, 4) is 6.07 Å². The van der Waals surface area contributed by atoms with Crippen molar-refractivity contribution in [3.63, 3.8) is 0 Å². The van der Waals surface area contributed by atoms with E-state index in [0.29, 0.717) is 17.5 Å². The van der Waals surface area contributed by atoms with Crippen molar-refractivity contribution in [2.45, 2.75) is 31.3 Å². The Morgan fingerprint density at radius 2 is 2.04 bits per heavy atom. The molecule has 28 heavy (non-hydrogen) atoms. The molecule has 2 aliphatic heterocycles. The zero-order valence-corrected chi connectivity index (χ0v) is 15.4. The molecule has 0 aliphatic carbocycles. The van der Waals surface area contributed by atoms with Gasteiger partial charge < -0.3 is 4.90 Å². The summed E-state index contributed by atoms with van der Waals surface area (Å²) < 4.78 is 0. The van der Waals surface area contributed by atoms with Crippen molar-refractivity contribution in [2.24, 2.45) is 5.92 Å². The molecule has 8 heteroatoms. The van der Waals surface area contributed by atoms with Crippen LogP contribution in [0, 0.1) is 27.4 Å². The summed E-state index contributed by atoms with van der Waals surface area (Å²) in [6.45, 7) is 1.74. The van der Waals surface area contributed by atoms with Gasteiger partial charge in [0.25, 0.3) is 5.69 Å². The number of nitro benzene ring substituents is 1. The maximum Gasteiger partial charge on any atom is 0.269 e. The molecule has 2 unspecified atom stereocenters. The van der Waals surface area contributed by atoms with Crippen LogP contribution in [0.15, 0.2) is 42.6 Å². The maximum absolute atomic E-state index is 11.0. The van der Waals surface area contributed by atoms with Gasteiger partial charge in [0, 0.05) is 43.5 Å². The number of nitrogens with zero attached hydrogens (tertiary/aromatic N) is 4. The number of nitro groups is 1. The predicted octanol–water partition coefficient (Wildman–Crippen LogP) is 2.69. The predicted molar refractivity (Wildman–Crippen MR) is 104 cm³/mol. The number of hydrazine groups is 1. The minimum Gasteiger partial charge on any atom is -0.356 e. The summed E-state index contributed by atoms with van der Waals surface area (Å²) in [4.78, 5) is 17.2. The quantitative estimate of drug-likeness (QED) is 0.622. The van der Waals surface area contributed by atoms with E-state index in [-0.39, 0.29) is 16.7 Å². The number of nitrogens with one attached hydrogen (secondary N) is 2. The summed E-state index contributed by atoms with van der Waals surface area (Å²) >= 11 is 0. The Morgan fingerprint density at radius 3 is 2.79 bits per heavy atom. The zero-order chi connectivity index (χ0) is 19.5. The lowest BCUT2D eigenvalue weighted by molar-refractivity contribution is -0.384. The first-order valence-corrected chi connectivity index (χ1v) is 9.51. The Kier molecular flexibility index (Phi) is 5.19. The highest BCUT2D eigenvalue weighted by molar-refractivity contribution is 5.53. The highest BCUT2D eigenvalue weighted by atomic mass is 16.6. The van der Waals surface area contributed by atoms with E-state index in [1.165, 1.54) is 6.07 Å². The third kappa shape index (κ3) is 3.67. The summed E-state index contributed by atoms with van der Waals surface area (Å²) in [6.07, 6.45) is 4.66. The average Bonchev–Trinajstić information content (AvgIpc) is 3.24. The molecule has 3 heterocycles. The molecule has 2 N–H and O–H groups in total. The molecule has 2 atom stereocenters. The fraction of sp³-hybridized carbons (Fsp3) is 0.400. The third-order valence-corrected chi connectivity index (χ3v) is 5.73. The molecule has 0 spiro atoms. The van der Waals surface area contributed by atoms with E-state index in [0.717, 1.165) is 43.7 Å². The summed E-state index contributed by atoms with van der Waals surface area (Å²) in [7, 11) is 0. The van der Waals surface area contributed by atoms with Gasteiger partial charge in [-0.15, -0.1) is 0 Å². The lowest BCUT2D eigenvalue weighted by atomic mass is 9.86. The lowest BCUT2D eigenvalue weighted by Gasteiger charge is -2.35. The Hall–Kier alpha value is -3.02. The molecule has 0 radical (unpaired) electrons. The van der Waals surface area contributed by atoms with Gasteiger partial charge >= 0.3 is 0 Å². The fourth-order valence-electron chi connectivity index (χ4n) is 4.21. The number of nitriles is 1. The molecular formula is C20H22N6O2. The van der Waals surface area contributed by atoms with Crippen LogP contribution in [0.2, 0.25) is 0 Å². The van der Waals surface area contributed by atoms with Crippen LogP contribution in [-0.4, -0.2) is 29.0 Å². The molecule has 1 aromatic heterocycles. The molecule has 0 amide bonds. The number of benzene rings is 1. The van der Waals surface area contributed by atoms with Gasteiger partial charge in [-0.05, 0) is 42.9 Å². The average molecular weight is 378 g/mol. The van der Waals surface area contributed by atoms with Gasteiger partial charge in [-0.3, -0.25) is 21.0 Å². The van der Waals surface area contributed by atoms with Gasteiger partial charge in [-0.25, -0.2) is 4.98 Å². The topological polar surface area (TPSA) is 107 Å². The number of rotatable bonds is 4. The van der Waals surface area contributed by atoms with Gasteiger partial charge in [-0.2, -0.15) is 5.26 Å². The standard InChI is InChI=1S/C20H22N6O2/c21-13-16-4-2-8-22-20(16)25-9-6-14(7-10-25)18-12-19(24-23-18)15-3-1-5-17(11-15)26(27)28/h1-5,8,11,14,18-19,23-24H,6-7,9-10,12H2. The van der Waals surface area contributed by atoms with Gasteiger partial charge in [0.2, 0.25) is 0 Å². The second kappa shape index (κ2) is 7.92. The fourth-order valence-corrected chi connectivity index (χ4v) is 4.21. The van der Waals surface area contributed by atoms with Crippen LogP contribution >= 0.6 is 0 Å². The highest BCUT2D eigenvalue weighted by Crippen LogP contribution is 2.33. The summed E-state index contributed by atoms with van der Waals surface area (Å²) in [5.41, 5.74) is 8.38. The smallest absolute Gasteiger partial charge is 0.269 e. The van der Waals surface area contributed by atoms with Crippen LogP contribution in [0.4, 0.5) is 11.5 Å². The van der Waals surface area contributed by atoms with Gasteiger partial charge in [0.15, 0.2) is 0 Å². The van der Waals surface area contributed by atoms with E-state index in [2.05, 4.69) is 26.8 Å². The first-order valence-electron chi connectivity index (χ1n) is 9.51. The molecular weight excluding hydrogens is 356 g/mol. The van der Waals surface area contributed by atoms with E-state index >= 15 is 0 Å². The van der Waals surface area contributed by atoms with E-state index < -0.39 is 0 Å². The molecule has 1 aromatic carbocycles. The molecule has 0 bridgehead atoms. The molecule has 144 valence electrons. The van der Waals surface area contributed by atoms with Gasteiger partial charge in [0.1, 0.15) is 11.9 Å². The van der Waals surface area contributed by atoms with Crippen molar-refractivity contribution >= 4 is 11.5 Å². The number of piperidine rings is 1. The SMILES string of the molecule is N#Cc1cccnc1N1CCC(C2CC(c3cccc([N+](=O)[O-])c3)NN2)CC1. The molecule has 2 fully saturated rings. The van der Waals surface area contributed by atoms with Crippen molar-refractivity contribution in [1.29, 1.82) is 5.26 Å². The van der Waals surface area contributed by atoms with Crippen LogP contribution in [0.5, 0.6) is 0 Å². The molecule has 2 aromatic rings. The number of pyridine rings is 1. The molecule has 2 saturated heterocycles. The normalized spacial score (nSPS) is 22.8. The Balaban J connectivity index is 1.37. The molecule has 8 nitrogen and oxygen atoms in total. The van der Waals surface area contributed by atoms with E-state index in [4.69, 9.17) is 0 Å². The van der Waals surface area contributed by atoms with Crippen molar-refractivity contribution in [1.82, 2.24) is 15.8 Å². The molecule has 4 rings (SSSR count). The highest BCUT2D eigenvalue weighted by Gasteiger charge is 2.34. The summed E-state index contributed by atoms with van der Waals surface area (Å²) in [6, 6.07) is 13.1. The van der Waals surface area contributed by atoms with Crippen molar-refractivity contribution < 1.29 is 4.92 Å². The van der Waals surface area contributed by atoms with Crippen LogP contribution in [0.1, 0.15) is 36.4 Å². The van der Waals surface area contributed by atoms with E-state index in [9.17, 15) is 15.4 Å². The summed E-state index contributed by atoms with van der Waals surface area (Å²) in [5, 5.41) is 20.3. The monoisotopic (exact) mass is 378 g/mol. The van der Waals surface area contributed by atoms with Crippen LogP contribution in [0.3, 0.4) is 0 Å². The van der Waals surface area contributed by atoms with E-state index in [1.54, 1.807) is 30.5 Å². The van der Waals surface area contributed by atoms with Gasteiger partial charge in [0.05, 0.1) is 10.5 Å². The maximum atomic E-state index is 11.0. The second-order valence-electron chi connectivity index (χ2n) is 7.35. The Labute approximate surface area is 163 Å². The summed E-state index contributed by atoms with van der Waals surface area (Å²) in [5.74, 6) is 1.29. The van der Waals surface area contributed by atoms with Crippen LogP contribution in [0.25, 0.3) is 0 Å². The number of aromatic nitrogens is 1. The number of non-ortho nitro benzene ring substituents is 1.